The normalized spacial score (nSPS) is 16.1. The second-order valence-electron chi connectivity index (χ2n) is 5.68. The molecule has 0 aliphatic carbocycles. The third-order valence-electron chi connectivity index (χ3n) is 3.95. The number of nitrogens with one attached hydrogen (secondary N) is 1. The molecule has 0 radical (unpaired) electrons. The summed E-state index contributed by atoms with van der Waals surface area (Å²) in [5.74, 6) is -0.557. The van der Waals surface area contributed by atoms with Gasteiger partial charge in [-0.1, -0.05) is 6.07 Å². The molecule has 0 amide bonds. The lowest BCUT2D eigenvalue weighted by molar-refractivity contribution is 0.0376. The molecule has 1 aliphatic rings. The summed E-state index contributed by atoms with van der Waals surface area (Å²) in [6, 6.07) is 4.51. The second-order valence-corrected chi connectivity index (χ2v) is 7.41. The smallest absolute Gasteiger partial charge is 0.337 e. The van der Waals surface area contributed by atoms with E-state index in [2.05, 4.69) is 14.4 Å². The SMILES string of the molecule is COC(=O)c1ccc(C)c(S(=O)(=O)NCCCN2CCOCC2)c1. The van der Waals surface area contributed by atoms with E-state index in [0.717, 1.165) is 39.3 Å². The first kappa shape index (κ1) is 18.9. The second kappa shape index (κ2) is 8.57. The van der Waals surface area contributed by atoms with Gasteiger partial charge in [-0.15, -0.1) is 0 Å². The van der Waals surface area contributed by atoms with Gasteiger partial charge < -0.3 is 9.47 Å². The number of benzene rings is 1. The van der Waals surface area contributed by atoms with Crippen molar-refractivity contribution >= 4 is 16.0 Å². The standard InChI is InChI=1S/C16H24N2O5S/c1-13-4-5-14(16(19)22-2)12-15(13)24(20,21)17-6-3-7-18-8-10-23-11-9-18/h4-5,12,17H,3,6-11H2,1-2H3. The van der Waals surface area contributed by atoms with Crippen molar-refractivity contribution in [2.75, 3.05) is 46.5 Å². The number of esters is 1. The lowest BCUT2D eigenvalue weighted by Crippen LogP contribution is -2.38. The van der Waals surface area contributed by atoms with Crippen molar-refractivity contribution in [2.24, 2.45) is 0 Å². The average molecular weight is 356 g/mol. The maximum absolute atomic E-state index is 12.5. The van der Waals surface area contributed by atoms with E-state index >= 15 is 0 Å². The average Bonchev–Trinajstić information content (AvgIpc) is 2.59. The monoisotopic (exact) mass is 356 g/mol. The van der Waals surface area contributed by atoms with Gasteiger partial charge in [0, 0.05) is 19.6 Å². The molecule has 1 aromatic carbocycles. The third-order valence-corrected chi connectivity index (χ3v) is 5.55. The lowest BCUT2D eigenvalue weighted by atomic mass is 10.1. The van der Waals surface area contributed by atoms with Gasteiger partial charge in [0.2, 0.25) is 10.0 Å². The fourth-order valence-corrected chi connectivity index (χ4v) is 3.89. The number of carbonyl (C=O) groups excluding carboxylic acids is 1. The van der Waals surface area contributed by atoms with E-state index in [1.807, 2.05) is 0 Å². The maximum Gasteiger partial charge on any atom is 0.337 e. The van der Waals surface area contributed by atoms with Crippen molar-refractivity contribution in [3.63, 3.8) is 0 Å². The van der Waals surface area contributed by atoms with E-state index < -0.39 is 16.0 Å². The number of carbonyl (C=O) groups is 1. The van der Waals surface area contributed by atoms with Crippen LogP contribution in [0.15, 0.2) is 23.1 Å². The molecule has 0 atom stereocenters. The molecule has 7 nitrogen and oxygen atoms in total. The fraction of sp³-hybridized carbons (Fsp3) is 0.562. The maximum atomic E-state index is 12.5. The molecule has 1 aliphatic heterocycles. The van der Waals surface area contributed by atoms with E-state index in [1.165, 1.54) is 13.2 Å². The molecule has 0 unspecified atom stereocenters. The van der Waals surface area contributed by atoms with Crippen LogP contribution in [0.5, 0.6) is 0 Å². The van der Waals surface area contributed by atoms with Crippen molar-refractivity contribution < 1.29 is 22.7 Å². The van der Waals surface area contributed by atoms with Crippen LogP contribution in [0.4, 0.5) is 0 Å². The van der Waals surface area contributed by atoms with Crippen LogP contribution in [0, 0.1) is 6.92 Å². The van der Waals surface area contributed by atoms with Crippen molar-refractivity contribution in [1.82, 2.24) is 9.62 Å². The third kappa shape index (κ3) is 5.01. The van der Waals surface area contributed by atoms with E-state index in [-0.39, 0.29) is 10.5 Å². The van der Waals surface area contributed by atoms with Crippen LogP contribution >= 0.6 is 0 Å². The zero-order valence-corrected chi connectivity index (χ0v) is 14.9. The fourth-order valence-electron chi connectivity index (χ4n) is 2.55. The molecule has 1 saturated heterocycles. The highest BCUT2D eigenvalue weighted by Crippen LogP contribution is 2.17. The number of nitrogens with zero attached hydrogens (tertiary/aromatic N) is 1. The van der Waals surface area contributed by atoms with Gasteiger partial charge in [-0.25, -0.2) is 17.9 Å². The molecule has 8 heteroatoms. The Labute approximate surface area is 143 Å². The number of hydrogen-bond donors (Lipinski definition) is 1. The summed E-state index contributed by atoms with van der Waals surface area (Å²) in [4.78, 5) is 13.9. The van der Waals surface area contributed by atoms with Crippen molar-refractivity contribution in [3.8, 4) is 0 Å². The zero-order chi connectivity index (χ0) is 17.6. The molecular formula is C16H24N2O5S. The number of rotatable bonds is 7. The van der Waals surface area contributed by atoms with Crippen molar-refractivity contribution in [3.05, 3.63) is 29.3 Å². The first-order valence-corrected chi connectivity index (χ1v) is 9.41. The van der Waals surface area contributed by atoms with Crippen LogP contribution in [-0.2, 0) is 19.5 Å². The number of hydrogen-bond acceptors (Lipinski definition) is 6. The topological polar surface area (TPSA) is 84.9 Å². The number of aryl methyl sites for hydroxylation is 1. The molecule has 0 spiro atoms. The van der Waals surface area contributed by atoms with Crippen LogP contribution in [0.2, 0.25) is 0 Å². The minimum absolute atomic E-state index is 0.108. The summed E-state index contributed by atoms with van der Waals surface area (Å²) in [5, 5.41) is 0. The number of methoxy groups -OCH3 is 1. The summed E-state index contributed by atoms with van der Waals surface area (Å²) >= 11 is 0. The Bertz CT molecular complexity index is 669. The van der Waals surface area contributed by atoms with E-state index in [9.17, 15) is 13.2 Å². The van der Waals surface area contributed by atoms with Crippen molar-refractivity contribution in [1.29, 1.82) is 0 Å². The summed E-state index contributed by atoms with van der Waals surface area (Å²) in [6.45, 7) is 6.09. The molecule has 0 bridgehead atoms. The number of sulfonamides is 1. The Balaban J connectivity index is 1.95. The highest BCUT2D eigenvalue weighted by molar-refractivity contribution is 7.89. The lowest BCUT2D eigenvalue weighted by Gasteiger charge is -2.26. The quantitative estimate of drug-likeness (QED) is 0.574. The number of ether oxygens (including phenoxy) is 2. The van der Waals surface area contributed by atoms with Gasteiger partial charge in [0.1, 0.15) is 0 Å². The summed E-state index contributed by atoms with van der Waals surface area (Å²) in [7, 11) is -2.40. The Morgan fingerprint density at radius 3 is 2.71 bits per heavy atom. The van der Waals surface area contributed by atoms with Crippen LogP contribution in [-0.4, -0.2) is 65.8 Å². The van der Waals surface area contributed by atoms with Gasteiger partial charge in [0.25, 0.3) is 0 Å². The van der Waals surface area contributed by atoms with E-state index in [0.29, 0.717) is 12.1 Å². The molecule has 2 rings (SSSR count). The first-order valence-electron chi connectivity index (χ1n) is 7.93. The van der Waals surface area contributed by atoms with Crippen LogP contribution in [0.1, 0.15) is 22.3 Å². The Morgan fingerprint density at radius 1 is 1.33 bits per heavy atom. The molecule has 134 valence electrons. The molecule has 24 heavy (non-hydrogen) atoms. The van der Waals surface area contributed by atoms with Gasteiger partial charge in [0.15, 0.2) is 0 Å². The summed E-state index contributed by atoms with van der Waals surface area (Å²) in [6.07, 6.45) is 0.717. The highest BCUT2D eigenvalue weighted by Gasteiger charge is 2.19. The number of morpholine rings is 1. The highest BCUT2D eigenvalue weighted by atomic mass is 32.2. The van der Waals surface area contributed by atoms with Crippen molar-refractivity contribution in [2.45, 2.75) is 18.2 Å². The van der Waals surface area contributed by atoms with Crippen LogP contribution < -0.4 is 4.72 Å². The molecule has 0 aromatic heterocycles. The summed E-state index contributed by atoms with van der Waals surface area (Å²) < 4.78 is 37.5. The van der Waals surface area contributed by atoms with E-state index in [4.69, 9.17) is 4.74 Å². The largest absolute Gasteiger partial charge is 0.465 e. The Morgan fingerprint density at radius 2 is 2.04 bits per heavy atom. The van der Waals surface area contributed by atoms with Gasteiger partial charge in [-0.05, 0) is 37.6 Å². The minimum Gasteiger partial charge on any atom is -0.465 e. The van der Waals surface area contributed by atoms with Gasteiger partial charge in [0.05, 0.1) is 30.8 Å². The Kier molecular flexibility index (Phi) is 6.73. The molecule has 1 heterocycles. The summed E-state index contributed by atoms with van der Waals surface area (Å²) in [5.41, 5.74) is 0.806. The molecule has 1 fully saturated rings. The van der Waals surface area contributed by atoms with Crippen LogP contribution in [0.3, 0.4) is 0 Å². The van der Waals surface area contributed by atoms with Gasteiger partial charge >= 0.3 is 5.97 Å². The predicted molar refractivity (Wildman–Crippen MR) is 89.6 cm³/mol. The van der Waals surface area contributed by atoms with E-state index in [1.54, 1.807) is 19.1 Å². The molecule has 0 saturated carbocycles. The Hall–Kier alpha value is -1.48. The van der Waals surface area contributed by atoms with Gasteiger partial charge in [-0.2, -0.15) is 0 Å². The predicted octanol–water partition coefficient (Wildman–Crippen LogP) is 0.782. The van der Waals surface area contributed by atoms with Crippen LogP contribution in [0.25, 0.3) is 0 Å². The zero-order valence-electron chi connectivity index (χ0n) is 14.1. The molecule has 1 N–H and O–H groups in total. The van der Waals surface area contributed by atoms with Gasteiger partial charge in [-0.3, -0.25) is 4.90 Å². The minimum atomic E-state index is -3.66. The molecule has 1 aromatic rings. The molecular weight excluding hydrogens is 332 g/mol. The first-order chi connectivity index (χ1) is 11.4.